The van der Waals surface area contributed by atoms with Crippen molar-refractivity contribution in [1.29, 1.82) is 0 Å². The van der Waals surface area contributed by atoms with E-state index in [1.54, 1.807) is 0 Å². The van der Waals surface area contributed by atoms with Crippen LogP contribution in [0.5, 0.6) is 5.75 Å². The molecule has 2 N–H and O–H groups in total. The lowest BCUT2D eigenvalue weighted by Crippen LogP contribution is -2.17. The predicted molar refractivity (Wildman–Crippen MR) is 106 cm³/mol. The number of unbranched alkanes of at least 4 members (excludes halogenated alkanes) is 9. The van der Waals surface area contributed by atoms with Crippen LogP contribution >= 0.6 is 0 Å². The average Bonchev–Trinajstić information content (AvgIpc) is 2.99. The van der Waals surface area contributed by atoms with E-state index in [9.17, 15) is 9.90 Å². The third-order valence-corrected chi connectivity index (χ3v) is 4.84. The maximum absolute atomic E-state index is 11.7. The average molecular weight is 360 g/mol. The van der Waals surface area contributed by atoms with Gasteiger partial charge in [0.15, 0.2) is 0 Å². The molecule has 4 heteroatoms. The summed E-state index contributed by atoms with van der Waals surface area (Å²) in [5.41, 5.74) is 1.09. The molecule has 144 valence electrons. The number of amides is 1. The molecule has 1 aromatic rings. The van der Waals surface area contributed by atoms with Gasteiger partial charge in [0.1, 0.15) is 11.5 Å². The zero-order valence-electron chi connectivity index (χ0n) is 16.1. The van der Waals surface area contributed by atoms with Crippen molar-refractivity contribution < 1.29 is 14.6 Å². The number of ether oxygens (including phenoxy) is 1. The van der Waals surface area contributed by atoms with Gasteiger partial charge in [-0.05, 0) is 24.1 Å². The summed E-state index contributed by atoms with van der Waals surface area (Å²) in [5, 5.41) is 12.4. The number of benzene rings is 1. The summed E-state index contributed by atoms with van der Waals surface area (Å²) in [5.74, 6) is 0.693. The van der Waals surface area contributed by atoms with Crippen molar-refractivity contribution in [3.8, 4) is 5.75 Å². The van der Waals surface area contributed by atoms with E-state index in [0.29, 0.717) is 5.57 Å². The molecular formula is C22H33NO3. The number of carbonyl (C=O) groups excluding carboxylic acids is 1. The van der Waals surface area contributed by atoms with Crippen LogP contribution in [0.25, 0.3) is 5.57 Å². The highest BCUT2D eigenvalue weighted by Gasteiger charge is 2.23. The SMILES string of the molecule is CCCCCCCCCCCCOc1ccc(C2=C(O)CNC2=O)cc1. The van der Waals surface area contributed by atoms with Crippen molar-refractivity contribution >= 4 is 11.5 Å². The lowest BCUT2D eigenvalue weighted by Gasteiger charge is -2.08. The highest BCUT2D eigenvalue weighted by atomic mass is 16.5. The highest BCUT2D eigenvalue weighted by Crippen LogP contribution is 2.24. The lowest BCUT2D eigenvalue weighted by atomic mass is 10.1. The van der Waals surface area contributed by atoms with Gasteiger partial charge in [0.25, 0.3) is 5.91 Å². The highest BCUT2D eigenvalue weighted by molar-refractivity contribution is 6.22. The third-order valence-electron chi connectivity index (χ3n) is 4.84. The summed E-state index contributed by atoms with van der Waals surface area (Å²) < 4.78 is 5.77. The first-order valence-corrected chi connectivity index (χ1v) is 10.2. The molecule has 0 radical (unpaired) electrons. The van der Waals surface area contributed by atoms with Crippen LogP contribution in [0.4, 0.5) is 0 Å². The second kappa shape index (κ2) is 11.6. The zero-order chi connectivity index (χ0) is 18.6. The fourth-order valence-corrected chi connectivity index (χ4v) is 3.27. The van der Waals surface area contributed by atoms with Gasteiger partial charge in [0.2, 0.25) is 0 Å². The molecule has 0 aliphatic carbocycles. The minimum atomic E-state index is -0.221. The second-order valence-electron chi connectivity index (χ2n) is 7.06. The fraction of sp³-hybridized carbons (Fsp3) is 0.591. The van der Waals surface area contributed by atoms with Gasteiger partial charge in [-0.25, -0.2) is 0 Å². The van der Waals surface area contributed by atoms with Gasteiger partial charge in [-0.3, -0.25) is 4.79 Å². The van der Waals surface area contributed by atoms with E-state index in [1.165, 1.54) is 57.8 Å². The Balaban J connectivity index is 1.55. The van der Waals surface area contributed by atoms with Crippen molar-refractivity contribution in [1.82, 2.24) is 5.32 Å². The van der Waals surface area contributed by atoms with Gasteiger partial charge in [0.05, 0.1) is 18.7 Å². The molecule has 2 rings (SSSR count). The van der Waals surface area contributed by atoms with Crippen molar-refractivity contribution in [2.45, 2.75) is 71.1 Å². The van der Waals surface area contributed by atoms with Crippen LogP contribution in [-0.2, 0) is 4.79 Å². The van der Waals surface area contributed by atoms with Crippen LogP contribution in [0.1, 0.15) is 76.7 Å². The molecule has 0 atom stereocenters. The lowest BCUT2D eigenvalue weighted by molar-refractivity contribution is -0.114. The van der Waals surface area contributed by atoms with Crippen molar-refractivity contribution in [2.75, 3.05) is 13.2 Å². The number of hydrogen-bond acceptors (Lipinski definition) is 3. The van der Waals surface area contributed by atoms with Crippen LogP contribution in [0.15, 0.2) is 30.0 Å². The third kappa shape index (κ3) is 6.74. The molecule has 1 heterocycles. The quantitative estimate of drug-likeness (QED) is 0.465. The first kappa shape index (κ1) is 20.3. The van der Waals surface area contributed by atoms with Gasteiger partial charge in [-0.1, -0.05) is 76.8 Å². The molecule has 0 fully saturated rings. The standard InChI is InChI=1S/C22H33NO3/c1-2-3-4-5-6-7-8-9-10-11-16-26-19-14-12-18(13-15-19)21-20(24)17-23-22(21)25/h12-15,24H,2-11,16-17H2,1H3,(H,23,25). The van der Waals surface area contributed by atoms with Gasteiger partial charge in [-0.2, -0.15) is 0 Å². The van der Waals surface area contributed by atoms with E-state index >= 15 is 0 Å². The molecule has 0 unspecified atom stereocenters. The van der Waals surface area contributed by atoms with Crippen molar-refractivity contribution in [3.63, 3.8) is 0 Å². The van der Waals surface area contributed by atoms with Crippen LogP contribution in [0.3, 0.4) is 0 Å². The minimum Gasteiger partial charge on any atom is -0.510 e. The topological polar surface area (TPSA) is 58.6 Å². The molecule has 26 heavy (non-hydrogen) atoms. The van der Waals surface area contributed by atoms with Gasteiger partial charge in [-0.15, -0.1) is 0 Å². The normalized spacial score (nSPS) is 14.0. The smallest absolute Gasteiger partial charge is 0.255 e. The molecule has 4 nitrogen and oxygen atoms in total. The number of aliphatic hydroxyl groups is 1. The van der Waals surface area contributed by atoms with E-state index in [-0.39, 0.29) is 18.2 Å². The fourth-order valence-electron chi connectivity index (χ4n) is 3.27. The Labute approximate surface area is 157 Å². The van der Waals surface area contributed by atoms with Crippen LogP contribution in [0, 0.1) is 0 Å². The maximum atomic E-state index is 11.7. The number of aliphatic hydroxyl groups excluding tert-OH is 1. The molecule has 0 saturated heterocycles. The molecule has 0 bridgehead atoms. The van der Waals surface area contributed by atoms with Crippen LogP contribution in [-0.4, -0.2) is 24.2 Å². The molecule has 0 spiro atoms. The summed E-state index contributed by atoms with van der Waals surface area (Å²) in [4.78, 5) is 11.7. The largest absolute Gasteiger partial charge is 0.510 e. The maximum Gasteiger partial charge on any atom is 0.255 e. The molecule has 1 aromatic carbocycles. The predicted octanol–water partition coefficient (Wildman–Crippen LogP) is 5.39. The molecular weight excluding hydrogens is 326 g/mol. The Morgan fingerprint density at radius 1 is 0.923 bits per heavy atom. The van der Waals surface area contributed by atoms with Crippen LogP contribution in [0.2, 0.25) is 0 Å². The van der Waals surface area contributed by atoms with Gasteiger partial charge >= 0.3 is 0 Å². The van der Waals surface area contributed by atoms with E-state index in [0.717, 1.165) is 24.3 Å². The van der Waals surface area contributed by atoms with Crippen molar-refractivity contribution in [2.24, 2.45) is 0 Å². The summed E-state index contributed by atoms with van der Waals surface area (Å²) >= 11 is 0. The Kier molecular flexibility index (Phi) is 9.08. The first-order chi connectivity index (χ1) is 12.7. The van der Waals surface area contributed by atoms with E-state index < -0.39 is 0 Å². The van der Waals surface area contributed by atoms with E-state index in [2.05, 4.69) is 12.2 Å². The molecule has 0 saturated carbocycles. The van der Waals surface area contributed by atoms with Gasteiger partial charge in [0, 0.05) is 0 Å². The zero-order valence-corrected chi connectivity index (χ0v) is 16.1. The number of carbonyl (C=O) groups is 1. The minimum absolute atomic E-state index is 0.106. The first-order valence-electron chi connectivity index (χ1n) is 10.2. The van der Waals surface area contributed by atoms with Gasteiger partial charge < -0.3 is 15.2 Å². The molecule has 1 aliphatic rings. The molecule has 1 aliphatic heterocycles. The Hall–Kier alpha value is -1.97. The number of nitrogens with one attached hydrogen (secondary N) is 1. The molecule has 1 amide bonds. The van der Waals surface area contributed by atoms with E-state index in [4.69, 9.17) is 4.74 Å². The number of rotatable bonds is 13. The van der Waals surface area contributed by atoms with E-state index in [1.807, 2.05) is 24.3 Å². The summed E-state index contributed by atoms with van der Waals surface area (Å²) in [6.07, 6.45) is 13.1. The monoisotopic (exact) mass is 359 g/mol. The Bertz CT molecular complexity index is 578. The number of hydrogen-bond donors (Lipinski definition) is 2. The Morgan fingerprint density at radius 2 is 1.50 bits per heavy atom. The van der Waals surface area contributed by atoms with Crippen molar-refractivity contribution in [3.05, 3.63) is 35.6 Å². The van der Waals surface area contributed by atoms with Crippen LogP contribution < -0.4 is 10.1 Å². The molecule has 0 aromatic heterocycles. The second-order valence-corrected chi connectivity index (χ2v) is 7.06. The Morgan fingerprint density at radius 3 is 2.04 bits per heavy atom. The summed E-state index contributed by atoms with van der Waals surface area (Å²) in [6.45, 7) is 3.20. The summed E-state index contributed by atoms with van der Waals surface area (Å²) in [6, 6.07) is 7.36. The summed E-state index contributed by atoms with van der Waals surface area (Å²) in [7, 11) is 0.